The van der Waals surface area contributed by atoms with Crippen molar-refractivity contribution < 1.29 is 9.16 Å². The van der Waals surface area contributed by atoms with Crippen LogP contribution in [0.25, 0.3) is 0 Å². The second kappa shape index (κ2) is 4.34. The smallest absolute Gasteiger partial charge is 0.192 e. The van der Waals surface area contributed by atoms with Crippen LogP contribution >= 0.6 is 0 Å². The monoisotopic (exact) mass is 350 g/mol. The number of hydrogen-bond acceptors (Lipinski definition) is 2. The maximum absolute atomic E-state index is 6.94. The Bertz CT molecular complexity index is 577. The van der Waals surface area contributed by atoms with Gasteiger partial charge in [0.15, 0.2) is 8.32 Å². The zero-order valence-corrected chi connectivity index (χ0v) is 18.4. The molecule has 3 aliphatic carbocycles. The third-order valence-corrected chi connectivity index (χ3v) is 13.3. The molecule has 3 heteroatoms. The molecule has 138 valence electrons. The first-order valence-electron chi connectivity index (χ1n) is 10.0. The molecule has 4 rings (SSSR count). The van der Waals surface area contributed by atoms with Crippen LogP contribution in [0, 0.1) is 22.7 Å². The highest BCUT2D eigenvalue weighted by Crippen LogP contribution is 2.79. The van der Waals surface area contributed by atoms with Gasteiger partial charge in [0.2, 0.25) is 0 Å². The highest BCUT2D eigenvalue weighted by atomic mass is 28.4. The first kappa shape index (κ1) is 17.5. The molecular formula is C21H38O2Si. The molecule has 4 fully saturated rings. The SMILES string of the molecule is CC1(C)CC2C[C@@]2(C)C2C[C@H](O[Si](C)(C)C(C)(C)C)C3(C)OC23C1. The quantitative estimate of drug-likeness (QED) is 0.466. The summed E-state index contributed by atoms with van der Waals surface area (Å²) in [6.45, 7) is 21.7. The summed E-state index contributed by atoms with van der Waals surface area (Å²) in [5.41, 5.74) is 0.979. The Morgan fingerprint density at radius 3 is 2.25 bits per heavy atom. The van der Waals surface area contributed by atoms with Gasteiger partial charge in [-0.2, -0.15) is 0 Å². The van der Waals surface area contributed by atoms with Crippen LogP contribution in [0.4, 0.5) is 0 Å². The van der Waals surface area contributed by atoms with Crippen molar-refractivity contribution in [3.8, 4) is 0 Å². The van der Waals surface area contributed by atoms with Gasteiger partial charge < -0.3 is 9.16 Å². The molecule has 1 heterocycles. The molecule has 6 atom stereocenters. The standard InChI is InChI=1S/C21H38O2Si/c1-17(2,3)24(8,9)22-16-10-15-19(6)12-14(19)11-18(4,5)13-21(15)20(16,7)23-21/h14-16H,10-13H2,1-9H3/t14?,15?,16-,19+,20?,21?/m0/s1. The van der Waals surface area contributed by atoms with Crippen molar-refractivity contribution in [3.63, 3.8) is 0 Å². The third kappa shape index (κ3) is 2.07. The van der Waals surface area contributed by atoms with Gasteiger partial charge in [-0.3, -0.25) is 0 Å². The fourth-order valence-corrected chi connectivity index (χ4v) is 7.61. The van der Waals surface area contributed by atoms with Crippen LogP contribution in [-0.2, 0) is 9.16 Å². The van der Waals surface area contributed by atoms with Crippen LogP contribution < -0.4 is 0 Å². The van der Waals surface area contributed by atoms with Gasteiger partial charge in [0, 0.05) is 0 Å². The van der Waals surface area contributed by atoms with Crippen LogP contribution in [0.3, 0.4) is 0 Å². The van der Waals surface area contributed by atoms with E-state index in [-0.39, 0.29) is 16.2 Å². The minimum Gasteiger partial charge on any atom is -0.411 e. The van der Waals surface area contributed by atoms with Gasteiger partial charge in [0.1, 0.15) is 11.2 Å². The molecule has 1 spiro atoms. The Morgan fingerprint density at radius 1 is 1.04 bits per heavy atom. The lowest BCUT2D eigenvalue weighted by atomic mass is 9.73. The fraction of sp³-hybridized carbons (Fsp3) is 1.00. The summed E-state index contributed by atoms with van der Waals surface area (Å²) in [7, 11) is -1.76. The molecule has 4 unspecified atom stereocenters. The summed E-state index contributed by atoms with van der Waals surface area (Å²) in [5.74, 6) is 1.62. The lowest BCUT2D eigenvalue weighted by Crippen LogP contribution is -2.47. The summed E-state index contributed by atoms with van der Waals surface area (Å²) in [6, 6.07) is 0. The molecular weight excluding hydrogens is 312 g/mol. The Morgan fingerprint density at radius 2 is 1.67 bits per heavy atom. The average molecular weight is 351 g/mol. The number of epoxide rings is 1. The Balaban J connectivity index is 1.65. The van der Waals surface area contributed by atoms with Crippen molar-refractivity contribution in [3.05, 3.63) is 0 Å². The molecule has 0 aromatic rings. The molecule has 0 radical (unpaired) electrons. The Hall–Kier alpha value is 0.137. The van der Waals surface area contributed by atoms with E-state index < -0.39 is 8.32 Å². The molecule has 1 aliphatic heterocycles. The molecule has 0 amide bonds. The van der Waals surface area contributed by atoms with Gasteiger partial charge in [-0.15, -0.1) is 0 Å². The van der Waals surface area contributed by atoms with E-state index in [1.807, 2.05) is 0 Å². The van der Waals surface area contributed by atoms with E-state index in [2.05, 4.69) is 61.6 Å². The predicted octanol–water partition coefficient (Wildman–Crippen LogP) is 5.77. The largest absolute Gasteiger partial charge is 0.411 e. The normalized spacial score (nSPS) is 52.1. The third-order valence-electron chi connectivity index (χ3n) is 8.86. The Kier molecular flexibility index (Phi) is 3.17. The van der Waals surface area contributed by atoms with Gasteiger partial charge in [-0.05, 0) is 73.4 Å². The van der Waals surface area contributed by atoms with Crippen LogP contribution in [0.5, 0.6) is 0 Å². The van der Waals surface area contributed by atoms with Crippen molar-refractivity contribution in [2.24, 2.45) is 22.7 Å². The molecule has 0 aromatic carbocycles. The first-order valence-corrected chi connectivity index (χ1v) is 13.0. The number of ether oxygens (including phenoxy) is 1. The van der Waals surface area contributed by atoms with Gasteiger partial charge in [0.25, 0.3) is 0 Å². The summed E-state index contributed by atoms with van der Waals surface area (Å²) in [6.07, 6.45) is 5.55. The topological polar surface area (TPSA) is 21.8 Å². The highest BCUT2D eigenvalue weighted by Gasteiger charge is 2.84. The molecule has 24 heavy (non-hydrogen) atoms. The van der Waals surface area contributed by atoms with E-state index in [1.165, 1.54) is 25.7 Å². The zero-order chi connectivity index (χ0) is 18.0. The average Bonchev–Trinajstić information content (AvgIpc) is 3.15. The van der Waals surface area contributed by atoms with E-state index in [1.54, 1.807) is 0 Å². The fourth-order valence-electron chi connectivity index (χ4n) is 6.22. The van der Waals surface area contributed by atoms with Gasteiger partial charge in [0.05, 0.1) is 6.10 Å². The molecule has 1 saturated heterocycles. The maximum atomic E-state index is 6.94. The summed E-state index contributed by atoms with van der Waals surface area (Å²) in [5, 5.41) is 0.265. The van der Waals surface area contributed by atoms with Gasteiger partial charge in [-0.25, -0.2) is 0 Å². The number of rotatable bonds is 2. The lowest BCUT2D eigenvalue weighted by molar-refractivity contribution is 0.0360. The molecule has 0 aromatic heterocycles. The van der Waals surface area contributed by atoms with Crippen molar-refractivity contribution in [2.45, 2.75) is 110 Å². The first-order chi connectivity index (χ1) is 10.7. The number of fused-ring (bicyclic) bond motifs is 2. The van der Waals surface area contributed by atoms with Crippen molar-refractivity contribution in [2.75, 3.05) is 0 Å². The predicted molar refractivity (Wildman–Crippen MR) is 102 cm³/mol. The molecule has 2 nitrogen and oxygen atoms in total. The molecule has 3 saturated carbocycles. The van der Waals surface area contributed by atoms with E-state index in [4.69, 9.17) is 9.16 Å². The van der Waals surface area contributed by atoms with Crippen molar-refractivity contribution in [1.82, 2.24) is 0 Å². The van der Waals surface area contributed by atoms with E-state index in [0.717, 1.165) is 5.92 Å². The molecule has 4 aliphatic rings. The minimum absolute atomic E-state index is 0.0368. The van der Waals surface area contributed by atoms with Crippen molar-refractivity contribution in [1.29, 1.82) is 0 Å². The van der Waals surface area contributed by atoms with E-state index in [9.17, 15) is 0 Å². The molecule has 0 N–H and O–H groups in total. The highest BCUT2D eigenvalue weighted by molar-refractivity contribution is 6.74. The van der Waals surface area contributed by atoms with Crippen LogP contribution in [0.1, 0.15) is 74.1 Å². The van der Waals surface area contributed by atoms with Crippen LogP contribution in [-0.4, -0.2) is 25.6 Å². The number of hydrogen-bond donors (Lipinski definition) is 0. The Labute approximate surface area is 150 Å². The second-order valence-electron chi connectivity index (χ2n) is 12.2. The van der Waals surface area contributed by atoms with E-state index in [0.29, 0.717) is 22.9 Å². The maximum Gasteiger partial charge on any atom is 0.192 e. The van der Waals surface area contributed by atoms with Gasteiger partial charge >= 0.3 is 0 Å². The lowest BCUT2D eigenvalue weighted by Gasteiger charge is -2.40. The van der Waals surface area contributed by atoms with Crippen LogP contribution in [0.15, 0.2) is 0 Å². The molecule has 0 bridgehead atoms. The van der Waals surface area contributed by atoms with Crippen LogP contribution in [0.2, 0.25) is 18.1 Å². The summed E-state index contributed by atoms with van der Waals surface area (Å²) >= 11 is 0. The van der Waals surface area contributed by atoms with Gasteiger partial charge in [-0.1, -0.05) is 41.5 Å². The minimum atomic E-state index is -1.76. The summed E-state index contributed by atoms with van der Waals surface area (Å²) in [4.78, 5) is 0. The van der Waals surface area contributed by atoms with Crippen molar-refractivity contribution >= 4 is 8.32 Å². The zero-order valence-electron chi connectivity index (χ0n) is 17.4. The second-order valence-corrected chi connectivity index (χ2v) is 17.0. The summed E-state index contributed by atoms with van der Waals surface area (Å²) < 4.78 is 13.6. The van der Waals surface area contributed by atoms with E-state index >= 15 is 0 Å².